The molecule has 1 aromatic carbocycles. The summed E-state index contributed by atoms with van der Waals surface area (Å²) in [4.78, 5) is 12.2. The van der Waals surface area contributed by atoms with E-state index >= 15 is 0 Å². The van der Waals surface area contributed by atoms with Gasteiger partial charge in [-0.15, -0.1) is 0 Å². The quantitative estimate of drug-likeness (QED) is 0.727. The zero-order valence-corrected chi connectivity index (χ0v) is 9.60. The van der Waals surface area contributed by atoms with Crippen molar-refractivity contribution in [3.05, 3.63) is 35.9 Å². The summed E-state index contributed by atoms with van der Waals surface area (Å²) in [7, 11) is 3.02. The van der Waals surface area contributed by atoms with Gasteiger partial charge in [-0.2, -0.15) is 0 Å². The summed E-state index contributed by atoms with van der Waals surface area (Å²) in [5.41, 5.74) is 5.44. The molecule has 1 rings (SSSR count). The minimum atomic E-state index is -1.12. The monoisotopic (exact) mass is 223 g/mol. The fourth-order valence-electron chi connectivity index (χ4n) is 1.56. The molecule has 0 aliphatic carbocycles. The maximum absolute atomic E-state index is 12.2. The van der Waals surface area contributed by atoms with Crippen LogP contribution in [0.15, 0.2) is 30.3 Å². The molecular weight excluding hydrogens is 206 g/mol. The Bertz CT molecular complexity index is 331. The summed E-state index contributed by atoms with van der Waals surface area (Å²) in [5, 5.41) is 0. The van der Waals surface area contributed by atoms with Gasteiger partial charge in [0.05, 0.1) is 13.2 Å². The van der Waals surface area contributed by atoms with Gasteiger partial charge in [0.25, 0.3) is 0 Å². The predicted octanol–water partition coefficient (Wildman–Crippen LogP) is 0.860. The first-order chi connectivity index (χ1) is 7.64. The van der Waals surface area contributed by atoms with Crippen LogP contribution in [0.4, 0.5) is 0 Å². The number of rotatable bonds is 6. The van der Waals surface area contributed by atoms with Gasteiger partial charge in [0.15, 0.2) is 5.78 Å². The van der Waals surface area contributed by atoms with Crippen LogP contribution in [0.2, 0.25) is 0 Å². The maximum atomic E-state index is 12.2. The molecule has 4 nitrogen and oxygen atoms in total. The maximum Gasteiger partial charge on any atom is 0.187 e. The van der Waals surface area contributed by atoms with Crippen molar-refractivity contribution in [3.63, 3.8) is 0 Å². The van der Waals surface area contributed by atoms with Crippen LogP contribution in [0.1, 0.15) is 10.4 Å². The Hall–Kier alpha value is -1.23. The van der Waals surface area contributed by atoms with Gasteiger partial charge >= 0.3 is 0 Å². The molecule has 0 radical (unpaired) electrons. The van der Waals surface area contributed by atoms with Gasteiger partial charge in [0.2, 0.25) is 0 Å². The molecule has 2 N–H and O–H groups in total. The molecule has 1 aromatic rings. The van der Waals surface area contributed by atoms with Crippen LogP contribution in [0, 0.1) is 0 Å². The van der Waals surface area contributed by atoms with E-state index in [9.17, 15) is 4.79 Å². The average Bonchev–Trinajstić information content (AvgIpc) is 2.30. The first kappa shape index (κ1) is 12.8. The third kappa shape index (κ3) is 2.88. The molecule has 0 bridgehead atoms. The summed E-state index contributed by atoms with van der Waals surface area (Å²) >= 11 is 0. The number of carbonyl (C=O) groups excluding carboxylic acids is 1. The van der Waals surface area contributed by atoms with E-state index in [1.54, 1.807) is 24.3 Å². The molecule has 0 fully saturated rings. The molecule has 0 aliphatic heterocycles. The highest BCUT2D eigenvalue weighted by atomic mass is 16.5. The van der Waals surface area contributed by atoms with Crippen LogP contribution in [0.5, 0.6) is 0 Å². The molecule has 0 saturated carbocycles. The number of nitrogens with two attached hydrogens (primary N) is 1. The van der Waals surface area contributed by atoms with E-state index in [-0.39, 0.29) is 19.0 Å². The second kappa shape index (κ2) is 5.75. The Morgan fingerprint density at radius 2 is 1.69 bits per heavy atom. The van der Waals surface area contributed by atoms with Crippen LogP contribution in [0.3, 0.4) is 0 Å². The first-order valence-corrected chi connectivity index (χ1v) is 5.00. The lowest BCUT2D eigenvalue weighted by Gasteiger charge is -2.26. The summed E-state index contributed by atoms with van der Waals surface area (Å²) in [6.07, 6.45) is 0. The number of carbonyl (C=O) groups is 1. The summed E-state index contributed by atoms with van der Waals surface area (Å²) in [5.74, 6) is -0.170. The summed E-state index contributed by atoms with van der Waals surface area (Å²) in [6, 6.07) is 8.91. The topological polar surface area (TPSA) is 61.6 Å². The SMILES string of the molecule is COCC(N)(COC)C(=O)c1ccccc1. The lowest BCUT2D eigenvalue weighted by atomic mass is 9.92. The van der Waals surface area contributed by atoms with Crippen LogP contribution in [-0.2, 0) is 9.47 Å². The number of benzene rings is 1. The molecule has 0 aromatic heterocycles. The molecule has 16 heavy (non-hydrogen) atoms. The molecule has 0 amide bonds. The number of methoxy groups -OCH3 is 2. The minimum absolute atomic E-state index is 0.133. The van der Waals surface area contributed by atoms with Crippen molar-refractivity contribution in [2.45, 2.75) is 5.54 Å². The van der Waals surface area contributed by atoms with Crippen LogP contribution < -0.4 is 5.73 Å². The van der Waals surface area contributed by atoms with Gasteiger partial charge in [-0.1, -0.05) is 30.3 Å². The predicted molar refractivity (Wildman–Crippen MR) is 61.4 cm³/mol. The highest BCUT2D eigenvalue weighted by Gasteiger charge is 2.34. The van der Waals surface area contributed by atoms with Gasteiger partial charge in [-0.05, 0) is 0 Å². The largest absolute Gasteiger partial charge is 0.382 e. The Balaban J connectivity index is 2.91. The summed E-state index contributed by atoms with van der Waals surface area (Å²) in [6.45, 7) is 0.267. The fourth-order valence-corrected chi connectivity index (χ4v) is 1.56. The van der Waals surface area contributed by atoms with Crippen molar-refractivity contribution in [1.82, 2.24) is 0 Å². The third-order valence-corrected chi connectivity index (χ3v) is 2.29. The van der Waals surface area contributed by atoms with Crippen molar-refractivity contribution in [3.8, 4) is 0 Å². The number of ether oxygens (including phenoxy) is 2. The standard InChI is InChI=1S/C12H17NO3/c1-15-8-12(13,9-16-2)11(14)10-6-4-3-5-7-10/h3-7H,8-9,13H2,1-2H3. The second-order valence-electron chi connectivity index (χ2n) is 3.72. The van der Waals surface area contributed by atoms with E-state index in [0.29, 0.717) is 5.56 Å². The number of hydrogen-bond donors (Lipinski definition) is 1. The molecule has 0 heterocycles. The van der Waals surface area contributed by atoms with Gasteiger partial charge in [0.1, 0.15) is 5.54 Å². The first-order valence-electron chi connectivity index (χ1n) is 5.00. The highest BCUT2D eigenvalue weighted by Crippen LogP contribution is 2.12. The van der Waals surface area contributed by atoms with Gasteiger partial charge in [0, 0.05) is 19.8 Å². The Kier molecular flexibility index (Phi) is 4.61. The van der Waals surface area contributed by atoms with E-state index < -0.39 is 5.54 Å². The van der Waals surface area contributed by atoms with E-state index in [1.165, 1.54) is 14.2 Å². The molecule has 0 saturated heterocycles. The Labute approximate surface area is 95.3 Å². The minimum Gasteiger partial charge on any atom is -0.382 e. The molecule has 4 heteroatoms. The third-order valence-electron chi connectivity index (χ3n) is 2.29. The van der Waals surface area contributed by atoms with Crippen molar-refractivity contribution < 1.29 is 14.3 Å². The zero-order chi connectivity index (χ0) is 12.0. The van der Waals surface area contributed by atoms with Gasteiger partial charge in [-0.25, -0.2) is 0 Å². The average molecular weight is 223 g/mol. The smallest absolute Gasteiger partial charge is 0.187 e. The fraction of sp³-hybridized carbons (Fsp3) is 0.417. The normalized spacial score (nSPS) is 11.4. The van der Waals surface area contributed by atoms with Crippen molar-refractivity contribution in [1.29, 1.82) is 0 Å². The van der Waals surface area contributed by atoms with Crippen molar-refractivity contribution in [2.75, 3.05) is 27.4 Å². The number of hydrogen-bond acceptors (Lipinski definition) is 4. The highest BCUT2D eigenvalue weighted by molar-refractivity contribution is 6.03. The lowest BCUT2D eigenvalue weighted by Crippen LogP contribution is -2.55. The van der Waals surface area contributed by atoms with E-state index in [2.05, 4.69) is 0 Å². The van der Waals surface area contributed by atoms with E-state index in [1.807, 2.05) is 6.07 Å². The lowest BCUT2D eigenvalue weighted by molar-refractivity contribution is 0.0488. The molecule has 0 atom stereocenters. The van der Waals surface area contributed by atoms with Crippen LogP contribution in [0.25, 0.3) is 0 Å². The van der Waals surface area contributed by atoms with Gasteiger partial charge in [-0.3, -0.25) is 4.79 Å². The van der Waals surface area contributed by atoms with Crippen molar-refractivity contribution >= 4 is 5.78 Å². The second-order valence-corrected chi connectivity index (χ2v) is 3.72. The van der Waals surface area contributed by atoms with Crippen LogP contribution >= 0.6 is 0 Å². The number of Topliss-reactive ketones (excluding diaryl/α,β-unsaturated/α-hetero) is 1. The molecule has 0 spiro atoms. The molecular formula is C12H17NO3. The Morgan fingerprint density at radius 1 is 1.19 bits per heavy atom. The summed E-state index contributed by atoms with van der Waals surface area (Å²) < 4.78 is 9.95. The zero-order valence-electron chi connectivity index (χ0n) is 9.60. The number of ketones is 1. The molecule has 0 aliphatic rings. The molecule has 88 valence electrons. The van der Waals surface area contributed by atoms with Crippen molar-refractivity contribution in [2.24, 2.45) is 5.73 Å². The van der Waals surface area contributed by atoms with Crippen LogP contribution in [-0.4, -0.2) is 38.8 Å². The van der Waals surface area contributed by atoms with E-state index in [4.69, 9.17) is 15.2 Å². The molecule has 0 unspecified atom stereocenters. The van der Waals surface area contributed by atoms with Gasteiger partial charge < -0.3 is 15.2 Å². The Morgan fingerprint density at radius 3 is 2.12 bits per heavy atom. The van der Waals surface area contributed by atoms with E-state index in [0.717, 1.165) is 0 Å².